The van der Waals surface area contributed by atoms with Gasteiger partial charge in [-0.1, -0.05) is 43.4 Å². The second-order valence-electron chi connectivity index (χ2n) is 5.78. The average molecular weight is 284 g/mol. The fourth-order valence-corrected chi connectivity index (χ4v) is 1.55. The van der Waals surface area contributed by atoms with Gasteiger partial charge in [0.1, 0.15) is 6.07 Å². The summed E-state index contributed by atoms with van der Waals surface area (Å²) >= 11 is 0. The monoisotopic (exact) mass is 284 g/mol. The van der Waals surface area contributed by atoms with Gasteiger partial charge >= 0.3 is 0 Å². The Kier molecular flexibility index (Phi) is 9.13. The molecule has 2 nitrogen and oxygen atoms in total. The van der Waals surface area contributed by atoms with Crippen molar-refractivity contribution >= 4 is 0 Å². The van der Waals surface area contributed by atoms with Gasteiger partial charge in [0.25, 0.3) is 0 Å². The highest BCUT2D eigenvalue weighted by Gasteiger charge is 2.11. The molecule has 21 heavy (non-hydrogen) atoms. The molecule has 0 aromatic heterocycles. The largest absolute Gasteiger partial charge is 0.311 e. The maximum atomic E-state index is 8.88. The SMILES string of the molecule is C=C=C(C#N)\C(C)=C/C=C(C)/C=C/CCNC(C)(C)CC. The standard InChI is InChI=1S/C19H28N2/c1-7-18(15-20)17(4)13-12-16(3)11-9-10-14-21-19(5,6)8-2/h9,11-13,21H,1,8,10,14H2,2-6H3/b11-9+,16-12+,17-13-. The molecule has 0 heterocycles. The Balaban J connectivity index is 4.37. The van der Waals surface area contributed by atoms with E-state index in [1.54, 1.807) is 0 Å². The van der Waals surface area contributed by atoms with Gasteiger partial charge in [-0.15, -0.1) is 5.73 Å². The Morgan fingerprint density at radius 3 is 2.48 bits per heavy atom. The minimum Gasteiger partial charge on any atom is -0.311 e. The van der Waals surface area contributed by atoms with Gasteiger partial charge in [0.2, 0.25) is 0 Å². The van der Waals surface area contributed by atoms with Crippen LogP contribution in [-0.4, -0.2) is 12.1 Å². The smallest absolute Gasteiger partial charge is 0.108 e. The van der Waals surface area contributed by atoms with Crippen LogP contribution >= 0.6 is 0 Å². The minimum absolute atomic E-state index is 0.212. The number of allylic oxidation sites excluding steroid dienone is 6. The molecule has 0 amide bonds. The summed E-state index contributed by atoms with van der Waals surface area (Å²) in [5, 5.41) is 12.4. The Labute approximate surface area is 130 Å². The van der Waals surface area contributed by atoms with Crippen LogP contribution in [0, 0.1) is 11.3 Å². The van der Waals surface area contributed by atoms with Gasteiger partial charge in [0, 0.05) is 5.54 Å². The molecule has 0 unspecified atom stereocenters. The molecular weight excluding hydrogens is 256 g/mol. The van der Waals surface area contributed by atoms with Crippen molar-refractivity contribution in [3.63, 3.8) is 0 Å². The van der Waals surface area contributed by atoms with Crippen LogP contribution in [0.3, 0.4) is 0 Å². The second kappa shape index (κ2) is 10.00. The summed E-state index contributed by atoms with van der Waals surface area (Å²) in [4.78, 5) is 0. The normalized spacial score (nSPS) is 13.1. The van der Waals surface area contributed by atoms with Crippen molar-refractivity contribution in [1.82, 2.24) is 5.32 Å². The van der Waals surface area contributed by atoms with Crippen LogP contribution in [0.1, 0.15) is 47.5 Å². The quantitative estimate of drug-likeness (QED) is 0.300. The molecule has 0 rings (SSSR count). The van der Waals surface area contributed by atoms with E-state index in [1.165, 1.54) is 0 Å². The van der Waals surface area contributed by atoms with Crippen molar-refractivity contribution in [3.05, 3.63) is 53.3 Å². The molecule has 0 aromatic rings. The fraction of sp³-hybridized carbons (Fsp3) is 0.474. The first-order valence-corrected chi connectivity index (χ1v) is 7.43. The van der Waals surface area contributed by atoms with E-state index in [0.29, 0.717) is 5.57 Å². The summed E-state index contributed by atoms with van der Waals surface area (Å²) in [7, 11) is 0. The number of nitriles is 1. The van der Waals surface area contributed by atoms with Gasteiger partial charge in [-0.3, -0.25) is 0 Å². The highest BCUT2D eigenvalue weighted by Crippen LogP contribution is 2.08. The molecule has 0 spiro atoms. The zero-order chi connectivity index (χ0) is 16.3. The zero-order valence-electron chi connectivity index (χ0n) is 14.1. The van der Waals surface area contributed by atoms with E-state index in [1.807, 2.05) is 26.0 Å². The number of hydrogen-bond acceptors (Lipinski definition) is 2. The van der Waals surface area contributed by atoms with Crippen molar-refractivity contribution in [1.29, 1.82) is 5.26 Å². The lowest BCUT2D eigenvalue weighted by molar-refractivity contribution is 0.381. The predicted molar refractivity (Wildman–Crippen MR) is 91.9 cm³/mol. The van der Waals surface area contributed by atoms with Crippen LogP contribution in [0.4, 0.5) is 0 Å². The van der Waals surface area contributed by atoms with Crippen molar-refractivity contribution in [2.45, 2.75) is 53.0 Å². The van der Waals surface area contributed by atoms with Gasteiger partial charge in [-0.05, 0) is 52.7 Å². The molecule has 0 fully saturated rings. The van der Waals surface area contributed by atoms with Crippen LogP contribution < -0.4 is 5.32 Å². The van der Waals surface area contributed by atoms with Crippen molar-refractivity contribution in [3.8, 4) is 6.07 Å². The molecule has 0 saturated heterocycles. The van der Waals surface area contributed by atoms with E-state index in [2.05, 4.69) is 56.6 Å². The average Bonchev–Trinajstić information content (AvgIpc) is 2.46. The maximum absolute atomic E-state index is 8.88. The molecular formula is C19H28N2. The summed E-state index contributed by atoms with van der Waals surface area (Å²) in [5.41, 5.74) is 5.38. The van der Waals surface area contributed by atoms with Crippen LogP contribution in [-0.2, 0) is 0 Å². The van der Waals surface area contributed by atoms with Crippen LogP contribution in [0.5, 0.6) is 0 Å². The molecule has 114 valence electrons. The van der Waals surface area contributed by atoms with Crippen molar-refractivity contribution in [2.24, 2.45) is 0 Å². The summed E-state index contributed by atoms with van der Waals surface area (Å²) in [6.45, 7) is 15.1. The van der Waals surface area contributed by atoms with E-state index in [4.69, 9.17) is 5.26 Å². The zero-order valence-corrected chi connectivity index (χ0v) is 14.1. The first-order valence-electron chi connectivity index (χ1n) is 7.43. The summed E-state index contributed by atoms with van der Waals surface area (Å²) in [5.74, 6) is 0. The number of rotatable bonds is 8. The highest BCUT2D eigenvalue weighted by atomic mass is 14.9. The summed E-state index contributed by atoms with van der Waals surface area (Å²) < 4.78 is 0. The molecule has 0 saturated carbocycles. The lowest BCUT2D eigenvalue weighted by Gasteiger charge is -2.24. The van der Waals surface area contributed by atoms with Gasteiger partial charge in [0.05, 0.1) is 5.57 Å². The molecule has 0 aromatic carbocycles. The molecule has 0 atom stereocenters. The molecule has 2 heteroatoms. The van der Waals surface area contributed by atoms with Gasteiger partial charge < -0.3 is 5.32 Å². The molecule has 0 bridgehead atoms. The van der Waals surface area contributed by atoms with Crippen molar-refractivity contribution in [2.75, 3.05) is 6.54 Å². The first-order chi connectivity index (χ1) is 9.86. The van der Waals surface area contributed by atoms with E-state index >= 15 is 0 Å². The third-order valence-electron chi connectivity index (χ3n) is 3.46. The fourth-order valence-electron chi connectivity index (χ4n) is 1.55. The lowest BCUT2D eigenvalue weighted by atomic mass is 10.0. The van der Waals surface area contributed by atoms with Gasteiger partial charge in [-0.2, -0.15) is 5.26 Å². The Morgan fingerprint density at radius 2 is 1.95 bits per heavy atom. The van der Waals surface area contributed by atoms with Crippen LogP contribution in [0.2, 0.25) is 0 Å². The van der Waals surface area contributed by atoms with E-state index < -0.39 is 0 Å². The Hall–Kier alpha value is -1.81. The maximum Gasteiger partial charge on any atom is 0.108 e. The molecule has 0 aliphatic carbocycles. The minimum atomic E-state index is 0.212. The third-order valence-corrected chi connectivity index (χ3v) is 3.46. The Bertz CT molecular complexity index is 504. The van der Waals surface area contributed by atoms with Crippen LogP contribution in [0.25, 0.3) is 0 Å². The van der Waals surface area contributed by atoms with E-state index in [0.717, 1.165) is 30.5 Å². The number of hydrogen-bond donors (Lipinski definition) is 1. The molecule has 0 radical (unpaired) electrons. The highest BCUT2D eigenvalue weighted by molar-refractivity contribution is 5.42. The lowest BCUT2D eigenvalue weighted by Crippen LogP contribution is -2.38. The number of nitrogens with zero attached hydrogens (tertiary/aromatic N) is 1. The summed E-state index contributed by atoms with van der Waals surface area (Å²) in [6, 6.07) is 2.07. The molecule has 0 aliphatic heterocycles. The second-order valence-corrected chi connectivity index (χ2v) is 5.78. The first kappa shape index (κ1) is 19.2. The predicted octanol–water partition coefficient (Wildman–Crippen LogP) is 4.84. The van der Waals surface area contributed by atoms with E-state index in [9.17, 15) is 0 Å². The van der Waals surface area contributed by atoms with Gasteiger partial charge in [-0.25, -0.2) is 0 Å². The Morgan fingerprint density at radius 1 is 1.29 bits per heavy atom. The number of nitrogens with one attached hydrogen (secondary N) is 1. The topological polar surface area (TPSA) is 35.8 Å². The molecule has 1 N–H and O–H groups in total. The van der Waals surface area contributed by atoms with Crippen molar-refractivity contribution < 1.29 is 0 Å². The van der Waals surface area contributed by atoms with Gasteiger partial charge in [0.15, 0.2) is 0 Å². The van der Waals surface area contributed by atoms with Crippen LogP contribution in [0.15, 0.2) is 53.3 Å². The summed E-state index contributed by atoms with van der Waals surface area (Å²) in [6.07, 6.45) is 10.3. The third kappa shape index (κ3) is 8.87. The molecule has 0 aliphatic rings. The van der Waals surface area contributed by atoms with E-state index in [-0.39, 0.29) is 5.54 Å².